The van der Waals surface area contributed by atoms with E-state index in [0.717, 1.165) is 54.7 Å². The van der Waals surface area contributed by atoms with Crippen LogP contribution in [0, 0.1) is 6.92 Å². The second-order valence-electron chi connectivity index (χ2n) is 6.67. The highest BCUT2D eigenvalue weighted by atomic mass is 127. The number of carbonyl (C=O) groups excluding carboxylic acids is 1. The molecule has 3 N–H and O–H groups in total. The molecule has 0 unspecified atom stereocenters. The predicted molar refractivity (Wildman–Crippen MR) is 135 cm³/mol. The Morgan fingerprint density at radius 1 is 1.07 bits per heavy atom. The monoisotopic (exact) mass is 540 g/mol. The number of guanidine groups is 1. The standard InChI is InChI=1S/C21H28N6OS.HI/c1-16-26-17-8-3-4-9-18(17)27(16)14-7-13-25-21(22-2)24-12-6-11-23-20(28)19-10-5-15-29-19;/h3-5,8-10,15H,6-7,11-14H2,1-2H3,(H,23,28)(H2,22,24,25);1H. The summed E-state index contributed by atoms with van der Waals surface area (Å²) in [6.45, 7) is 5.15. The number of hydrogen-bond donors (Lipinski definition) is 3. The molecule has 9 heteroatoms. The fourth-order valence-corrected chi connectivity index (χ4v) is 3.77. The van der Waals surface area contributed by atoms with E-state index in [1.165, 1.54) is 16.9 Å². The number of nitrogens with one attached hydrogen (secondary N) is 3. The van der Waals surface area contributed by atoms with E-state index in [0.29, 0.717) is 6.54 Å². The van der Waals surface area contributed by atoms with Crippen LogP contribution in [0.2, 0.25) is 0 Å². The number of rotatable bonds is 9. The van der Waals surface area contributed by atoms with Crippen molar-refractivity contribution in [3.8, 4) is 0 Å². The van der Waals surface area contributed by atoms with E-state index in [9.17, 15) is 4.79 Å². The number of fused-ring (bicyclic) bond motifs is 1. The SMILES string of the molecule is CN=C(NCCCNC(=O)c1cccs1)NCCCn1c(C)nc2ccccc21.I. The summed E-state index contributed by atoms with van der Waals surface area (Å²) in [6, 6.07) is 11.9. The van der Waals surface area contributed by atoms with E-state index in [2.05, 4.69) is 36.6 Å². The molecule has 0 aliphatic heterocycles. The Balaban J connectivity index is 0.00000320. The van der Waals surface area contributed by atoms with Crippen LogP contribution < -0.4 is 16.0 Å². The van der Waals surface area contributed by atoms with Crippen LogP contribution in [0.5, 0.6) is 0 Å². The highest BCUT2D eigenvalue weighted by molar-refractivity contribution is 14.0. The van der Waals surface area contributed by atoms with Crippen molar-refractivity contribution in [2.24, 2.45) is 4.99 Å². The smallest absolute Gasteiger partial charge is 0.261 e. The predicted octanol–water partition coefficient (Wildman–Crippen LogP) is 3.40. The fraction of sp³-hybridized carbons (Fsp3) is 0.381. The lowest BCUT2D eigenvalue weighted by atomic mass is 10.3. The van der Waals surface area contributed by atoms with Gasteiger partial charge in [0.2, 0.25) is 0 Å². The van der Waals surface area contributed by atoms with Gasteiger partial charge in [0, 0.05) is 33.2 Å². The lowest BCUT2D eigenvalue weighted by molar-refractivity contribution is 0.0957. The van der Waals surface area contributed by atoms with Crippen LogP contribution in [0.1, 0.15) is 28.3 Å². The first-order valence-electron chi connectivity index (χ1n) is 9.87. The molecule has 1 amide bonds. The number of halogens is 1. The van der Waals surface area contributed by atoms with Crippen LogP contribution in [0.4, 0.5) is 0 Å². The number of nitrogens with zero attached hydrogens (tertiary/aromatic N) is 3. The quantitative estimate of drug-likeness (QED) is 0.168. The van der Waals surface area contributed by atoms with Crippen molar-refractivity contribution in [2.45, 2.75) is 26.3 Å². The molecule has 1 aromatic carbocycles. The Hall–Kier alpha value is -2.14. The zero-order chi connectivity index (χ0) is 20.5. The summed E-state index contributed by atoms with van der Waals surface area (Å²) in [5, 5.41) is 11.5. The number of carbonyl (C=O) groups is 1. The number of aliphatic imine (C=N–C) groups is 1. The van der Waals surface area contributed by atoms with Crippen molar-refractivity contribution >= 4 is 58.2 Å². The molecule has 0 saturated carbocycles. The van der Waals surface area contributed by atoms with Crippen LogP contribution in [-0.2, 0) is 6.54 Å². The zero-order valence-corrected chi connectivity index (χ0v) is 20.5. The van der Waals surface area contributed by atoms with E-state index in [1.54, 1.807) is 7.05 Å². The third-order valence-electron chi connectivity index (χ3n) is 4.60. The highest BCUT2D eigenvalue weighted by Gasteiger charge is 2.07. The first-order valence-corrected chi connectivity index (χ1v) is 10.7. The minimum Gasteiger partial charge on any atom is -0.356 e. The molecule has 0 atom stereocenters. The maximum atomic E-state index is 11.9. The number of amides is 1. The molecule has 0 saturated heterocycles. The van der Waals surface area contributed by atoms with Crippen LogP contribution in [0.25, 0.3) is 11.0 Å². The van der Waals surface area contributed by atoms with Gasteiger partial charge in [-0.3, -0.25) is 9.79 Å². The third kappa shape index (κ3) is 6.69. The van der Waals surface area contributed by atoms with Crippen molar-refractivity contribution in [2.75, 3.05) is 26.7 Å². The van der Waals surface area contributed by atoms with Gasteiger partial charge in [-0.05, 0) is 43.3 Å². The fourth-order valence-electron chi connectivity index (χ4n) is 3.13. The summed E-state index contributed by atoms with van der Waals surface area (Å²) in [4.78, 5) is 21.5. The molecule has 0 spiro atoms. The molecule has 0 aliphatic rings. The molecular weight excluding hydrogens is 511 g/mol. The van der Waals surface area contributed by atoms with Crippen LogP contribution >= 0.6 is 35.3 Å². The normalized spacial score (nSPS) is 11.2. The number of benzene rings is 1. The van der Waals surface area contributed by atoms with Gasteiger partial charge < -0.3 is 20.5 Å². The van der Waals surface area contributed by atoms with E-state index in [-0.39, 0.29) is 29.9 Å². The largest absolute Gasteiger partial charge is 0.356 e. The molecule has 162 valence electrons. The van der Waals surface area contributed by atoms with Crippen molar-refractivity contribution in [3.05, 3.63) is 52.5 Å². The first kappa shape index (κ1) is 24.1. The topological polar surface area (TPSA) is 83.3 Å². The van der Waals surface area contributed by atoms with Gasteiger partial charge in [-0.2, -0.15) is 0 Å². The van der Waals surface area contributed by atoms with Gasteiger partial charge >= 0.3 is 0 Å². The number of aromatic nitrogens is 2. The number of aryl methyl sites for hydroxylation is 2. The molecular formula is C21H29IN6OS. The Kier molecular flexibility index (Phi) is 10.1. The minimum atomic E-state index is -0.00942. The molecule has 0 fully saturated rings. The summed E-state index contributed by atoms with van der Waals surface area (Å²) in [7, 11) is 1.77. The minimum absolute atomic E-state index is 0. The van der Waals surface area contributed by atoms with E-state index < -0.39 is 0 Å². The molecule has 0 bridgehead atoms. The lowest BCUT2D eigenvalue weighted by Crippen LogP contribution is -2.39. The lowest BCUT2D eigenvalue weighted by Gasteiger charge is -2.13. The van der Waals surface area contributed by atoms with Gasteiger partial charge in [-0.25, -0.2) is 4.98 Å². The maximum absolute atomic E-state index is 11.9. The van der Waals surface area contributed by atoms with Crippen molar-refractivity contribution in [3.63, 3.8) is 0 Å². The third-order valence-corrected chi connectivity index (χ3v) is 5.47. The Morgan fingerprint density at radius 3 is 2.53 bits per heavy atom. The molecule has 3 rings (SSSR count). The van der Waals surface area contributed by atoms with Gasteiger partial charge in [-0.15, -0.1) is 35.3 Å². The van der Waals surface area contributed by atoms with E-state index in [1.807, 2.05) is 42.6 Å². The van der Waals surface area contributed by atoms with Gasteiger partial charge in [0.15, 0.2) is 5.96 Å². The summed E-state index contributed by atoms with van der Waals surface area (Å²) in [5.74, 6) is 1.81. The number of hydrogen-bond acceptors (Lipinski definition) is 4. The van der Waals surface area contributed by atoms with Crippen LogP contribution in [0.3, 0.4) is 0 Å². The average Bonchev–Trinajstić information content (AvgIpc) is 3.37. The molecule has 30 heavy (non-hydrogen) atoms. The number of para-hydroxylation sites is 2. The van der Waals surface area contributed by atoms with Crippen LogP contribution in [0.15, 0.2) is 46.8 Å². The van der Waals surface area contributed by atoms with Crippen molar-refractivity contribution in [1.82, 2.24) is 25.5 Å². The molecule has 2 aromatic heterocycles. The number of imidazole rings is 1. The Morgan fingerprint density at radius 2 is 1.80 bits per heavy atom. The second kappa shape index (κ2) is 12.5. The van der Waals surface area contributed by atoms with Crippen molar-refractivity contribution in [1.29, 1.82) is 0 Å². The second-order valence-corrected chi connectivity index (χ2v) is 7.61. The molecule has 0 aliphatic carbocycles. The number of thiophene rings is 1. The van der Waals surface area contributed by atoms with Crippen molar-refractivity contribution < 1.29 is 4.79 Å². The first-order chi connectivity index (χ1) is 14.2. The molecule has 2 heterocycles. The maximum Gasteiger partial charge on any atom is 0.261 e. The van der Waals surface area contributed by atoms with Gasteiger partial charge in [0.05, 0.1) is 15.9 Å². The molecule has 7 nitrogen and oxygen atoms in total. The van der Waals surface area contributed by atoms with Crippen LogP contribution in [-0.4, -0.2) is 48.1 Å². The average molecular weight is 540 g/mol. The Labute approximate surface area is 198 Å². The summed E-state index contributed by atoms with van der Waals surface area (Å²) in [6.07, 6.45) is 1.80. The summed E-state index contributed by atoms with van der Waals surface area (Å²) < 4.78 is 2.25. The van der Waals surface area contributed by atoms with Gasteiger partial charge in [0.25, 0.3) is 5.91 Å². The molecule has 0 radical (unpaired) electrons. The Bertz CT molecular complexity index is 954. The van der Waals surface area contributed by atoms with E-state index >= 15 is 0 Å². The summed E-state index contributed by atoms with van der Waals surface area (Å²) in [5.41, 5.74) is 2.22. The van der Waals surface area contributed by atoms with Gasteiger partial charge in [-0.1, -0.05) is 18.2 Å². The highest BCUT2D eigenvalue weighted by Crippen LogP contribution is 2.15. The zero-order valence-electron chi connectivity index (χ0n) is 17.4. The van der Waals surface area contributed by atoms with Gasteiger partial charge in [0.1, 0.15) is 5.82 Å². The summed E-state index contributed by atoms with van der Waals surface area (Å²) >= 11 is 1.45. The molecule has 3 aromatic rings. The van der Waals surface area contributed by atoms with E-state index in [4.69, 9.17) is 0 Å².